The maximum atomic E-state index is 12.2. The number of fused-ring (bicyclic) bond motifs is 5. The normalized spacial score (nSPS) is 40.2. The van der Waals surface area contributed by atoms with Crippen LogP contribution in [-0.2, 0) is 19.1 Å². The van der Waals surface area contributed by atoms with Gasteiger partial charge >= 0.3 is 11.9 Å². The molecule has 4 aliphatic carbocycles. The van der Waals surface area contributed by atoms with E-state index in [1.165, 1.54) is 0 Å². The van der Waals surface area contributed by atoms with Crippen LogP contribution >= 0.6 is 0 Å². The molecule has 0 aliphatic heterocycles. The first-order chi connectivity index (χ1) is 17.3. The molecule has 3 fully saturated rings. The average molecular weight is 521 g/mol. The standard InChI is InChI=1S/C28H40O9/c1-26-7-5-17(29)11-16(26)3-4-20-21-6-8-28(36,27(21,2)15-22(32)25(20)26)9-10-37-24(35)14-19(31)12-18(30)13-23(33)34/h5,7,11,18-22,25,30-32,36H,3-4,6,8-10,12-15H2,1-2H3,(H,33,34)/t18-,19+,20?,21?,22-,25?,26-,27-,28-/m0/s1. The number of hydrogen-bond donors (Lipinski definition) is 5. The number of aliphatic hydroxyl groups excluding tert-OH is 3. The fourth-order valence-electron chi connectivity index (χ4n) is 8.10. The number of esters is 1. The number of ether oxygens (including phenoxy) is 1. The molecule has 0 saturated heterocycles. The predicted octanol–water partition coefficient (Wildman–Crippen LogP) is 1.91. The fourth-order valence-corrected chi connectivity index (χ4v) is 8.10. The van der Waals surface area contributed by atoms with Crippen molar-refractivity contribution in [1.29, 1.82) is 0 Å². The molecule has 3 unspecified atom stereocenters. The van der Waals surface area contributed by atoms with Crippen LogP contribution < -0.4 is 0 Å². The fraction of sp³-hybridized carbons (Fsp3) is 0.750. The van der Waals surface area contributed by atoms with Gasteiger partial charge in [-0.3, -0.25) is 14.4 Å². The van der Waals surface area contributed by atoms with Crippen molar-refractivity contribution < 1.29 is 44.7 Å². The third-order valence-corrected chi connectivity index (χ3v) is 9.95. The van der Waals surface area contributed by atoms with Crippen molar-refractivity contribution in [3.05, 3.63) is 23.8 Å². The summed E-state index contributed by atoms with van der Waals surface area (Å²) in [5.41, 5.74) is -0.948. The van der Waals surface area contributed by atoms with Crippen molar-refractivity contribution in [2.75, 3.05) is 6.61 Å². The Morgan fingerprint density at radius 1 is 1.16 bits per heavy atom. The van der Waals surface area contributed by atoms with Gasteiger partial charge in [0.25, 0.3) is 0 Å². The second-order valence-electron chi connectivity index (χ2n) is 12.1. The van der Waals surface area contributed by atoms with Crippen LogP contribution in [0.5, 0.6) is 0 Å². The summed E-state index contributed by atoms with van der Waals surface area (Å²) in [5, 5.41) is 51.5. The summed E-state index contributed by atoms with van der Waals surface area (Å²) in [6, 6.07) is 0. The molecule has 3 saturated carbocycles. The maximum absolute atomic E-state index is 12.2. The van der Waals surface area contributed by atoms with E-state index in [0.29, 0.717) is 12.8 Å². The summed E-state index contributed by atoms with van der Waals surface area (Å²) >= 11 is 0. The number of aliphatic carboxylic acids is 1. The molecule has 0 aromatic rings. The Morgan fingerprint density at radius 2 is 1.86 bits per heavy atom. The molecule has 4 aliphatic rings. The number of aliphatic hydroxyl groups is 4. The number of carboxylic acid groups (broad SMARTS) is 1. The van der Waals surface area contributed by atoms with Crippen LogP contribution in [0.25, 0.3) is 0 Å². The summed E-state index contributed by atoms with van der Waals surface area (Å²) in [6.07, 6.45) is 4.69. The van der Waals surface area contributed by atoms with Crippen LogP contribution in [0.3, 0.4) is 0 Å². The third kappa shape index (κ3) is 5.15. The molecule has 0 bridgehead atoms. The molecule has 0 heterocycles. The molecule has 0 aromatic carbocycles. The quantitative estimate of drug-likeness (QED) is 0.286. The number of carboxylic acids is 1. The summed E-state index contributed by atoms with van der Waals surface area (Å²) in [5.74, 6) is -1.49. The number of allylic oxidation sites excluding steroid dienone is 4. The third-order valence-electron chi connectivity index (χ3n) is 9.95. The number of carbonyl (C=O) groups is 3. The van der Waals surface area contributed by atoms with Crippen molar-refractivity contribution in [3.63, 3.8) is 0 Å². The molecular weight excluding hydrogens is 480 g/mol. The van der Waals surface area contributed by atoms with Gasteiger partial charge in [-0.1, -0.05) is 25.5 Å². The topological polar surface area (TPSA) is 162 Å². The number of hydrogen-bond acceptors (Lipinski definition) is 8. The molecule has 0 spiro atoms. The Bertz CT molecular complexity index is 988. The monoisotopic (exact) mass is 520 g/mol. The van der Waals surface area contributed by atoms with Crippen molar-refractivity contribution in [3.8, 4) is 0 Å². The lowest BCUT2D eigenvalue weighted by Gasteiger charge is -2.60. The Balaban J connectivity index is 1.37. The molecule has 9 heteroatoms. The summed E-state index contributed by atoms with van der Waals surface area (Å²) < 4.78 is 5.29. The van der Waals surface area contributed by atoms with E-state index in [-0.39, 0.29) is 54.8 Å². The largest absolute Gasteiger partial charge is 0.481 e. The Labute approximate surface area is 217 Å². The lowest BCUT2D eigenvalue weighted by Crippen LogP contribution is -2.59. The molecule has 0 amide bonds. The predicted molar refractivity (Wildman–Crippen MR) is 132 cm³/mol. The van der Waals surface area contributed by atoms with E-state index in [1.54, 1.807) is 12.2 Å². The SMILES string of the molecule is C[C@]12C=CC(=O)C=C1CCC1C2[C@@H](O)C[C@@]2(C)C1CC[C@]2(O)CCOC(=O)C[C@H](O)C[C@H](O)CC(=O)O. The van der Waals surface area contributed by atoms with Gasteiger partial charge in [-0.2, -0.15) is 0 Å². The summed E-state index contributed by atoms with van der Waals surface area (Å²) in [4.78, 5) is 34.8. The molecule has 0 aromatic heterocycles. The zero-order valence-electron chi connectivity index (χ0n) is 21.6. The first-order valence-electron chi connectivity index (χ1n) is 13.4. The Morgan fingerprint density at radius 3 is 2.57 bits per heavy atom. The van der Waals surface area contributed by atoms with Crippen LogP contribution in [0.15, 0.2) is 23.8 Å². The molecule has 4 rings (SSSR count). The highest BCUT2D eigenvalue weighted by molar-refractivity contribution is 6.01. The molecule has 0 radical (unpaired) electrons. The summed E-state index contributed by atoms with van der Waals surface area (Å²) in [6.45, 7) is 4.11. The second-order valence-corrected chi connectivity index (χ2v) is 12.1. The van der Waals surface area contributed by atoms with Crippen molar-refractivity contribution in [2.45, 2.75) is 95.5 Å². The van der Waals surface area contributed by atoms with E-state index in [4.69, 9.17) is 9.84 Å². The van der Waals surface area contributed by atoms with E-state index in [9.17, 15) is 34.8 Å². The van der Waals surface area contributed by atoms with Crippen LogP contribution in [0.1, 0.15) is 71.6 Å². The van der Waals surface area contributed by atoms with Crippen LogP contribution in [0.4, 0.5) is 0 Å². The van der Waals surface area contributed by atoms with Crippen LogP contribution in [0.2, 0.25) is 0 Å². The smallest absolute Gasteiger partial charge is 0.308 e. The van der Waals surface area contributed by atoms with Gasteiger partial charge in [0, 0.05) is 29.6 Å². The molecule has 9 nitrogen and oxygen atoms in total. The van der Waals surface area contributed by atoms with Gasteiger partial charge in [0.05, 0.1) is 43.4 Å². The van der Waals surface area contributed by atoms with Gasteiger partial charge in [-0.15, -0.1) is 0 Å². The minimum Gasteiger partial charge on any atom is -0.481 e. The zero-order chi connectivity index (χ0) is 27.2. The van der Waals surface area contributed by atoms with Crippen molar-refractivity contribution in [1.82, 2.24) is 0 Å². The second kappa shape index (κ2) is 10.2. The molecule has 9 atom stereocenters. The summed E-state index contributed by atoms with van der Waals surface area (Å²) in [7, 11) is 0. The lowest BCUT2D eigenvalue weighted by molar-refractivity contribution is -0.173. The van der Waals surface area contributed by atoms with Gasteiger partial charge in [-0.05, 0) is 56.1 Å². The Hall–Kier alpha value is -2.07. The van der Waals surface area contributed by atoms with Crippen LogP contribution in [0, 0.1) is 28.6 Å². The molecule has 5 N–H and O–H groups in total. The van der Waals surface area contributed by atoms with Gasteiger partial charge < -0.3 is 30.3 Å². The van der Waals surface area contributed by atoms with Gasteiger partial charge in [0.2, 0.25) is 0 Å². The first-order valence-corrected chi connectivity index (χ1v) is 13.4. The number of ketones is 1. The van der Waals surface area contributed by atoms with Gasteiger partial charge in [-0.25, -0.2) is 0 Å². The maximum Gasteiger partial charge on any atom is 0.308 e. The highest BCUT2D eigenvalue weighted by Gasteiger charge is 2.65. The minimum absolute atomic E-state index is 0.00481. The van der Waals surface area contributed by atoms with E-state index < -0.39 is 47.7 Å². The molecule has 37 heavy (non-hydrogen) atoms. The molecule has 206 valence electrons. The van der Waals surface area contributed by atoms with Gasteiger partial charge in [0.15, 0.2) is 5.78 Å². The number of carbonyl (C=O) groups excluding carboxylic acids is 2. The van der Waals surface area contributed by atoms with Gasteiger partial charge in [0.1, 0.15) is 0 Å². The first kappa shape index (κ1) is 28.0. The van der Waals surface area contributed by atoms with Crippen molar-refractivity contribution in [2.24, 2.45) is 28.6 Å². The number of rotatable bonds is 9. The van der Waals surface area contributed by atoms with E-state index in [1.807, 2.05) is 13.0 Å². The zero-order valence-corrected chi connectivity index (χ0v) is 21.6. The average Bonchev–Trinajstić information content (AvgIpc) is 3.03. The Kier molecular flexibility index (Phi) is 7.74. The molecular formula is C28H40O9. The highest BCUT2D eigenvalue weighted by atomic mass is 16.5. The lowest BCUT2D eigenvalue weighted by atomic mass is 9.46. The van der Waals surface area contributed by atoms with E-state index >= 15 is 0 Å². The highest BCUT2D eigenvalue weighted by Crippen LogP contribution is 2.67. The van der Waals surface area contributed by atoms with Crippen LogP contribution in [-0.4, -0.2) is 73.8 Å². The minimum atomic E-state index is -1.25. The van der Waals surface area contributed by atoms with E-state index in [2.05, 4.69) is 6.92 Å². The van der Waals surface area contributed by atoms with Crippen molar-refractivity contribution >= 4 is 17.7 Å². The van der Waals surface area contributed by atoms with E-state index in [0.717, 1.165) is 24.8 Å².